The quantitative estimate of drug-likeness (QED) is 0.649. The first-order valence-electron chi connectivity index (χ1n) is 6.29. The molecular formula is C12H22N4. The minimum atomic E-state index is 0.436. The minimum Gasteiger partial charge on any atom is -0.315 e. The van der Waals surface area contributed by atoms with Crippen LogP contribution in [0.25, 0.3) is 0 Å². The highest BCUT2D eigenvalue weighted by molar-refractivity contribution is 4.81. The van der Waals surface area contributed by atoms with Gasteiger partial charge in [0.15, 0.2) is 0 Å². The van der Waals surface area contributed by atoms with Crippen LogP contribution in [0.1, 0.15) is 32.2 Å². The van der Waals surface area contributed by atoms with Gasteiger partial charge < -0.3 is 10.6 Å². The minimum absolute atomic E-state index is 0.436. The molecule has 0 bridgehead atoms. The van der Waals surface area contributed by atoms with Gasteiger partial charge in [0, 0.05) is 25.0 Å². The lowest BCUT2D eigenvalue weighted by Gasteiger charge is -2.13. The Balaban J connectivity index is 1.47. The van der Waals surface area contributed by atoms with Crippen molar-refractivity contribution in [2.45, 2.75) is 38.3 Å². The molecule has 2 N–H and O–H groups in total. The van der Waals surface area contributed by atoms with Crippen molar-refractivity contribution in [3.8, 4) is 0 Å². The molecule has 1 fully saturated rings. The molecule has 1 unspecified atom stereocenters. The van der Waals surface area contributed by atoms with Crippen molar-refractivity contribution in [3.05, 3.63) is 18.5 Å². The van der Waals surface area contributed by atoms with Crippen LogP contribution >= 0.6 is 0 Å². The smallest absolute Gasteiger partial charge is 0.0615 e. The van der Waals surface area contributed by atoms with E-state index in [0.29, 0.717) is 6.04 Å². The van der Waals surface area contributed by atoms with Crippen LogP contribution in [0.15, 0.2) is 18.5 Å². The zero-order chi connectivity index (χ0) is 11.2. The van der Waals surface area contributed by atoms with E-state index in [-0.39, 0.29) is 0 Å². The Hall–Kier alpha value is -0.870. The highest BCUT2D eigenvalue weighted by Gasteiger charge is 2.19. The maximum atomic E-state index is 4.23. The Morgan fingerprint density at radius 2 is 2.31 bits per heavy atom. The van der Waals surface area contributed by atoms with Gasteiger partial charge >= 0.3 is 0 Å². The van der Waals surface area contributed by atoms with Crippen LogP contribution in [0, 0.1) is 0 Å². The lowest BCUT2D eigenvalue weighted by atomic mass is 10.3. The molecule has 90 valence electrons. The molecule has 1 aromatic heterocycles. The van der Waals surface area contributed by atoms with Crippen molar-refractivity contribution >= 4 is 0 Å². The van der Waals surface area contributed by atoms with E-state index in [1.165, 1.54) is 19.3 Å². The van der Waals surface area contributed by atoms with E-state index in [9.17, 15) is 0 Å². The van der Waals surface area contributed by atoms with Crippen molar-refractivity contribution in [2.75, 3.05) is 19.6 Å². The van der Waals surface area contributed by atoms with Gasteiger partial charge in [-0.2, -0.15) is 5.10 Å². The van der Waals surface area contributed by atoms with Crippen LogP contribution in [0.5, 0.6) is 0 Å². The molecule has 0 spiro atoms. The number of rotatable bonds is 8. The number of hydrogen-bond donors (Lipinski definition) is 2. The molecular weight excluding hydrogens is 200 g/mol. The van der Waals surface area contributed by atoms with Gasteiger partial charge in [0.25, 0.3) is 0 Å². The molecule has 1 atom stereocenters. The topological polar surface area (TPSA) is 41.9 Å². The van der Waals surface area contributed by atoms with Gasteiger partial charge in [0.05, 0.1) is 6.04 Å². The largest absolute Gasteiger partial charge is 0.315 e. The van der Waals surface area contributed by atoms with Crippen LogP contribution < -0.4 is 10.6 Å². The van der Waals surface area contributed by atoms with Gasteiger partial charge in [0.2, 0.25) is 0 Å². The number of hydrogen-bond acceptors (Lipinski definition) is 3. The Morgan fingerprint density at radius 1 is 1.44 bits per heavy atom. The predicted octanol–water partition coefficient (Wildman–Crippen LogP) is 1.18. The van der Waals surface area contributed by atoms with Gasteiger partial charge in [-0.1, -0.05) is 0 Å². The van der Waals surface area contributed by atoms with E-state index < -0.39 is 0 Å². The molecule has 1 saturated carbocycles. The van der Waals surface area contributed by atoms with E-state index in [0.717, 1.165) is 25.7 Å². The molecule has 16 heavy (non-hydrogen) atoms. The second-order valence-corrected chi connectivity index (χ2v) is 4.62. The summed E-state index contributed by atoms with van der Waals surface area (Å²) in [5.74, 6) is 0. The van der Waals surface area contributed by atoms with Crippen LogP contribution in [0.2, 0.25) is 0 Å². The second kappa shape index (κ2) is 6.01. The summed E-state index contributed by atoms with van der Waals surface area (Å²) in [5, 5.41) is 11.2. The maximum absolute atomic E-state index is 4.23. The molecule has 2 rings (SSSR count). The van der Waals surface area contributed by atoms with E-state index >= 15 is 0 Å². The molecule has 1 heterocycles. The monoisotopic (exact) mass is 222 g/mol. The fraction of sp³-hybridized carbons (Fsp3) is 0.750. The summed E-state index contributed by atoms with van der Waals surface area (Å²) in [7, 11) is 0. The maximum Gasteiger partial charge on any atom is 0.0615 e. The van der Waals surface area contributed by atoms with E-state index in [4.69, 9.17) is 0 Å². The predicted molar refractivity (Wildman–Crippen MR) is 65.4 cm³/mol. The summed E-state index contributed by atoms with van der Waals surface area (Å²) < 4.78 is 2.00. The van der Waals surface area contributed by atoms with Crippen LogP contribution in [0.4, 0.5) is 0 Å². The number of nitrogens with one attached hydrogen (secondary N) is 2. The molecule has 4 nitrogen and oxygen atoms in total. The molecule has 1 aliphatic carbocycles. The number of nitrogens with zero attached hydrogens (tertiary/aromatic N) is 2. The first kappa shape index (κ1) is 11.6. The van der Waals surface area contributed by atoms with Gasteiger partial charge in [-0.05, 0) is 45.3 Å². The van der Waals surface area contributed by atoms with E-state index in [1.54, 1.807) is 0 Å². The van der Waals surface area contributed by atoms with Crippen molar-refractivity contribution < 1.29 is 0 Å². The molecule has 0 amide bonds. The van der Waals surface area contributed by atoms with Crippen LogP contribution in [-0.4, -0.2) is 35.5 Å². The van der Waals surface area contributed by atoms with Gasteiger partial charge in [-0.3, -0.25) is 4.68 Å². The fourth-order valence-corrected chi connectivity index (χ4v) is 1.75. The Kier molecular flexibility index (Phi) is 4.36. The molecule has 0 aromatic carbocycles. The van der Waals surface area contributed by atoms with E-state index in [2.05, 4.69) is 22.7 Å². The standard InChI is InChI=1S/C12H22N4/c1-11(16-9-3-8-15-16)10-13-6-2-7-14-12-4-5-12/h3,8-9,11-14H,2,4-7,10H2,1H3. The normalized spacial score (nSPS) is 17.6. The highest BCUT2D eigenvalue weighted by Crippen LogP contribution is 2.18. The highest BCUT2D eigenvalue weighted by atomic mass is 15.3. The Bertz CT molecular complexity index is 279. The molecule has 4 heteroatoms. The third-order valence-corrected chi connectivity index (χ3v) is 2.96. The molecule has 0 aliphatic heterocycles. The van der Waals surface area contributed by atoms with E-state index in [1.807, 2.05) is 23.1 Å². The first-order valence-corrected chi connectivity index (χ1v) is 6.29. The summed E-state index contributed by atoms with van der Waals surface area (Å²) in [5.41, 5.74) is 0. The van der Waals surface area contributed by atoms with Crippen molar-refractivity contribution in [1.29, 1.82) is 0 Å². The lowest BCUT2D eigenvalue weighted by molar-refractivity contribution is 0.449. The van der Waals surface area contributed by atoms with Crippen LogP contribution in [-0.2, 0) is 0 Å². The fourth-order valence-electron chi connectivity index (χ4n) is 1.75. The molecule has 1 aromatic rings. The SMILES string of the molecule is CC(CNCCCNC1CC1)n1cccn1. The van der Waals surface area contributed by atoms with Gasteiger partial charge in [-0.15, -0.1) is 0 Å². The third kappa shape index (κ3) is 3.94. The Labute approximate surface area is 97.4 Å². The first-order chi connectivity index (χ1) is 7.86. The lowest BCUT2D eigenvalue weighted by Crippen LogP contribution is -2.27. The molecule has 0 saturated heterocycles. The van der Waals surface area contributed by atoms with Crippen molar-refractivity contribution in [1.82, 2.24) is 20.4 Å². The average Bonchev–Trinajstić information content (AvgIpc) is 2.95. The van der Waals surface area contributed by atoms with Gasteiger partial charge in [0.1, 0.15) is 0 Å². The summed E-state index contributed by atoms with van der Waals surface area (Å²) in [6, 6.07) is 3.24. The average molecular weight is 222 g/mol. The summed E-state index contributed by atoms with van der Waals surface area (Å²) in [4.78, 5) is 0. The second-order valence-electron chi connectivity index (χ2n) is 4.62. The van der Waals surface area contributed by atoms with Crippen molar-refractivity contribution in [3.63, 3.8) is 0 Å². The molecule has 1 aliphatic rings. The van der Waals surface area contributed by atoms with Crippen LogP contribution in [0.3, 0.4) is 0 Å². The zero-order valence-electron chi connectivity index (χ0n) is 10.0. The zero-order valence-corrected chi connectivity index (χ0v) is 10.0. The summed E-state index contributed by atoms with van der Waals surface area (Å²) in [6.45, 7) is 5.41. The summed E-state index contributed by atoms with van der Waals surface area (Å²) >= 11 is 0. The Morgan fingerprint density at radius 3 is 3.00 bits per heavy atom. The van der Waals surface area contributed by atoms with Gasteiger partial charge in [-0.25, -0.2) is 0 Å². The summed E-state index contributed by atoms with van der Waals surface area (Å²) in [6.07, 6.45) is 7.81. The third-order valence-electron chi connectivity index (χ3n) is 2.96. The number of aromatic nitrogens is 2. The molecule has 0 radical (unpaired) electrons. The van der Waals surface area contributed by atoms with Crippen molar-refractivity contribution in [2.24, 2.45) is 0 Å².